The molecule has 0 aliphatic rings. The van der Waals surface area contributed by atoms with Crippen LogP contribution in [0.15, 0.2) is 30.3 Å². The largest absolute Gasteiger partial charge is 0.467 e. The molecule has 7 nitrogen and oxygen atoms in total. The van der Waals surface area contributed by atoms with Crippen molar-refractivity contribution >= 4 is 18.0 Å². The number of nitrogens with one attached hydrogen (secondary N) is 2. The van der Waals surface area contributed by atoms with Gasteiger partial charge in [-0.15, -0.1) is 0 Å². The van der Waals surface area contributed by atoms with Crippen LogP contribution in [0.1, 0.15) is 83.1 Å². The fourth-order valence-corrected chi connectivity index (χ4v) is 3.34. The second kappa shape index (κ2) is 18.0. The highest BCUT2D eigenvalue weighted by Gasteiger charge is 2.20. The number of unbranched alkanes of at least 4 members (excludes halogenated alkanes) is 7. The summed E-state index contributed by atoms with van der Waals surface area (Å²) in [4.78, 5) is 35.8. The Balaban J connectivity index is 2.11. The second-order valence-corrected chi connectivity index (χ2v) is 8.00. The molecule has 1 aromatic carbocycles. The first-order valence-corrected chi connectivity index (χ1v) is 11.9. The van der Waals surface area contributed by atoms with Crippen LogP contribution < -0.4 is 10.6 Å². The first kappa shape index (κ1) is 27.5. The van der Waals surface area contributed by atoms with Crippen molar-refractivity contribution in [2.45, 2.75) is 90.2 Å². The molecular formula is C25H40N2O5. The fourth-order valence-electron chi connectivity index (χ4n) is 3.34. The highest BCUT2D eigenvalue weighted by Crippen LogP contribution is 2.10. The Bertz CT molecular complexity index is 651. The van der Waals surface area contributed by atoms with Crippen LogP contribution in [0.2, 0.25) is 0 Å². The third kappa shape index (κ3) is 13.7. The summed E-state index contributed by atoms with van der Waals surface area (Å²) in [5.41, 5.74) is 0.940. The van der Waals surface area contributed by atoms with Crippen molar-refractivity contribution in [3.63, 3.8) is 0 Å². The van der Waals surface area contributed by atoms with E-state index in [0.29, 0.717) is 25.8 Å². The van der Waals surface area contributed by atoms with E-state index in [1.165, 1.54) is 26.4 Å². The van der Waals surface area contributed by atoms with Crippen molar-refractivity contribution in [2.75, 3.05) is 13.7 Å². The van der Waals surface area contributed by atoms with Gasteiger partial charge in [0.2, 0.25) is 5.91 Å². The van der Waals surface area contributed by atoms with E-state index in [9.17, 15) is 14.4 Å². The van der Waals surface area contributed by atoms with E-state index in [1.807, 2.05) is 30.3 Å². The van der Waals surface area contributed by atoms with Crippen LogP contribution in [0.25, 0.3) is 0 Å². The van der Waals surface area contributed by atoms with Gasteiger partial charge in [0, 0.05) is 13.0 Å². The van der Waals surface area contributed by atoms with Crippen LogP contribution in [0.3, 0.4) is 0 Å². The SMILES string of the molecule is CCCCCCCC[C@H](NC(=O)CCCCCNC(=O)OCc1ccccc1)C(=O)OC. The fraction of sp³-hybridized carbons (Fsp3) is 0.640. The van der Waals surface area contributed by atoms with E-state index < -0.39 is 12.1 Å². The van der Waals surface area contributed by atoms with Gasteiger partial charge in [0.25, 0.3) is 0 Å². The molecular weight excluding hydrogens is 408 g/mol. The highest BCUT2D eigenvalue weighted by molar-refractivity contribution is 5.84. The summed E-state index contributed by atoms with van der Waals surface area (Å²) in [5.74, 6) is -0.522. The maximum atomic E-state index is 12.2. The first-order chi connectivity index (χ1) is 15.6. The lowest BCUT2D eigenvalue weighted by molar-refractivity contribution is -0.145. The van der Waals surface area contributed by atoms with E-state index in [0.717, 1.165) is 37.7 Å². The molecule has 0 heterocycles. The minimum absolute atomic E-state index is 0.137. The zero-order valence-electron chi connectivity index (χ0n) is 19.7. The Hall–Kier alpha value is -2.57. The number of hydrogen-bond acceptors (Lipinski definition) is 5. The van der Waals surface area contributed by atoms with E-state index in [2.05, 4.69) is 17.6 Å². The number of rotatable bonds is 17. The van der Waals surface area contributed by atoms with E-state index in [1.54, 1.807) is 0 Å². The summed E-state index contributed by atoms with van der Waals surface area (Å²) >= 11 is 0. The summed E-state index contributed by atoms with van der Waals surface area (Å²) in [6.07, 6.45) is 9.53. The lowest BCUT2D eigenvalue weighted by Gasteiger charge is -2.16. The molecule has 1 aromatic rings. The molecule has 0 fully saturated rings. The van der Waals surface area contributed by atoms with Gasteiger partial charge in [-0.2, -0.15) is 0 Å². The van der Waals surface area contributed by atoms with E-state index in [-0.39, 0.29) is 18.5 Å². The van der Waals surface area contributed by atoms with Gasteiger partial charge in [0.15, 0.2) is 0 Å². The zero-order chi connectivity index (χ0) is 23.4. The van der Waals surface area contributed by atoms with Crippen molar-refractivity contribution in [2.24, 2.45) is 0 Å². The Morgan fingerprint density at radius 2 is 1.59 bits per heavy atom. The maximum Gasteiger partial charge on any atom is 0.407 e. The van der Waals surface area contributed by atoms with Gasteiger partial charge in [0.1, 0.15) is 12.6 Å². The smallest absolute Gasteiger partial charge is 0.407 e. The molecule has 32 heavy (non-hydrogen) atoms. The lowest BCUT2D eigenvalue weighted by Crippen LogP contribution is -2.41. The summed E-state index contributed by atoms with van der Waals surface area (Å²) in [6.45, 7) is 2.92. The van der Waals surface area contributed by atoms with Gasteiger partial charge in [0.05, 0.1) is 7.11 Å². The van der Waals surface area contributed by atoms with Crippen LogP contribution >= 0.6 is 0 Å². The average molecular weight is 449 g/mol. The van der Waals surface area contributed by atoms with Crippen LogP contribution in [0.4, 0.5) is 4.79 Å². The van der Waals surface area contributed by atoms with Gasteiger partial charge in [-0.3, -0.25) is 4.79 Å². The monoisotopic (exact) mass is 448 g/mol. The molecule has 0 unspecified atom stereocenters. The summed E-state index contributed by atoms with van der Waals surface area (Å²) < 4.78 is 9.98. The topological polar surface area (TPSA) is 93.7 Å². The molecule has 0 aromatic heterocycles. The van der Waals surface area contributed by atoms with Crippen LogP contribution in [-0.4, -0.2) is 37.7 Å². The van der Waals surface area contributed by atoms with Crippen LogP contribution in [0, 0.1) is 0 Å². The Kier molecular flexibility index (Phi) is 15.5. The molecule has 0 aliphatic carbocycles. The average Bonchev–Trinajstić information content (AvgIpc) is 2.81. The minimum atomic E-state index is -0.570. The van der Waals surface area contributed by atoms with Crippen LogP contribution in [-0.2, 0) is 25.7 Å². The molecule has 0 saturated heterocycles. The normalized spacial score (nSPS) is 11.4. The number of methoxy groups -OCH3 is 1. The predicted molar refractivity (Wildman–Crippen MR) is 125 cm³/mol. The molecule has 1 atom stereocenters. The molecule has 180 valence electrons. The van der Waals surface area contributed by atoms with Gasteiger partial charge >= 0.3 is 12.1 Å². The van der Waals surface area contributed by atoms with Crippen molar-refractivity contribution in [1.29, 1.82) is 0 Å². The molecule has 0 radical (unpaired) electrons. The van der Waals surface area contributed by atoms with Crippen molar-refractivity contribution in [3.05, 3.63) is 35.9 Å². The Morgan fingerprint density at radius 1 is 0.906 bits per heavy atom. The molecule has 0 spiro atoms. The highest BCUT2D eigenvalue weighted by atomic mass is 16.5. The minimum Gasteiger partial charge on any atom is -0.467 e. The van der Waals surface area contributed by atoms with E-state index >= 15 is 0 Å². The predicted octanol–water partition coefficient (Wildman–Crippen LogP) is 4.88. The molecule has 0 aliphatic heterocycles. The lowest BCUT2D eigenvalue weighted by atomic mass is 10.1. The quantitative estimate of drug-likeness (QED) is 0.262. The molecule has 2 N–H and O–H groups in total. The van der Waals surface area contributed by atoms with Crippen LogP contribution in [0.5, 0.6) is 0 Å². The molecule has 1 rings (SSSR count). The third-order valence-corrected chi connectivity index (χ3v) is 5.23. The number of hydrogen-bond donors (Lipinski definition) is 2. The molecule has 0 saturated carbocycles. The van der Waals surface area contributed by atoms with Crippen molar-refractivity contribution in [1.82, 2.24) is 10.6 Å². The first-order valence-electron chi connectivity index (χ1n) is 11.9. The molecule has 2 amide bonds. The zero-order valence-corrected chi connectivity index (χ0v) is 19.7. The van der Waals surface area contributed by atoms with Gasteiger partial charge in [-0.05, 0) is 24.8 Å². The van der Waals surface area contributed by atoms with Crippen molar-refractivity contribution in [3.8, 4) is 0 Å². The number of esters is 1. The molecule has 0 bridgehead atoms. The second-order valence-electron chi connectivity index (χ2n) is 8.00. The van der Waals surface area contributed by atoms with Crippen molar-refractivity contribution < 1.29 is 23.9 Å². The van der Waals surface area contributed by atoms with E-state index in [4.69, 9.17) is 9.47 Å². The molecule has 7 heteroatoms. The Labute approximate surface area is 192 Å². The summed E-state index contributed by atoms with van der Waals surface area (Å²) in [5, 5.41) is 5.52. The number of ether oxygens (including phenoxy) is 2. The Morgan fingerprint density at radius 3 is 2.31 bits per heavy atom. The third-order valence-electron chi connectivity index (χ3n) is 5.23. The standard InChI is InChI=1S/C25H40N2O5/c1-3-4-5-6-7-12-17-22(24(29)31-2)27-23(28)18-13-9-14-19-26-25(30)32-20-21-15-10-8-11-16-21/h8,10-11,15-16,22H,3-7,9,12-14,17-20H2,1-2H3,(H,26,30)(H,27,28)/t22-/m0/s1. The number of carbonyl (C=O) groups excluding carboxylic acids is 3. The summed E-state index contributed by atoms with van der Waals surface area (Å²) in [7, 11) is 1.35. The van der Waals surface area contributed by atoms with Gasteiger partial charge < -0.3 is 20.1 Å². The van der Waals surface area contributed by atoms with Gasteiger partial charge in [-0.1, -0.05) is 82.2 Å². The number of alkyl carbamates (subject to hydrolysis) is 1. The number of carbonyl (C=O) groups is 3. The van der Waals surface area contributed by atoms with Gasteiger partial charge in [-0.25, -0.2) is 9.59 Å². The number of amides is 2. The summed E-state index contributed by atoms with van der Waals surface area (Å²) in [6, 6.07) is 8.94. The maximum absolute atomic E-state index is 12.2. The number of benzene rings is 1.